The van der Waals surface area contributed by atoms with Crippen LogP contribution < -0.4 is 5.32 Å². The van der Waals surface area contributed by atoms with Crippen molar-refractivity contribution in [2.24, 2.45) is 0 Å². The Balaban J connectivity index is 2.02. The van der Waals surface area contributed by atoms with E-state index >= 15 is 0 Å². The first-order chi connectivity index (χ1) is 12.2. The second-order valence-electron chi connectivity index (χ2n) is 5.77. The van der Waals surface area contributed by atoms with Crippen molar-refractivity contribution in [3.8, 4) is 0 Å². The number of hydrogen-bond donors (Lipinski definition) is 1. The van der Waals surface area contributed by atoms with E-state index in [9.17, 15) is 4.79 Å². The Morgan fingerprint density at radius 2 is 1.92 bits per heavy atom. The molecule has 0 fully saturated rings. The summed E-state index contributed by atoms with van der Waals surface area (Å²) in [4.78, 5) is 15.7. The first kappa shape index (κ1) is 19.3. The number of hydrogen-bond acceptors (Lipinski definition) is 3. The standard InChI is InChI=1S/C20H26N2O2S/c1-24-14-7-6-13-22(16-17-9-4-3-5-10-17)20(23)21-18-11-8-12-19(15-18)25-2/h3-5,8-12,15H,6-7,13-14,16H2,1-2H3,(H,21,23). The molecule has 0 radical (unpaired) electrons. The van der Waals surface area contributed by atoms with Crippen molar-refractivity contribution in [2.75, 3.05) is 31.8 Å². The molecule has 0 saturated heterocycles. The minimum Gasteiger partial charge on any atom is -0.385 e. The topological polar surface area (TPSA) is 41.6 Å². The molecule has 2 aromatic carbocycles. The van der Waals surface area contributed by atoms with E-state index < -0.39 is 0 Å². The molecule has 0 bridgehead atoms. The van der Waals surface area contributed by atoms with Gasteiger partial charge in [-0.05, 0) is 42.9 Å². The fourth-order valence-electron chi connectivity index (χ4n) is 2.51. The van der Waals surface area contributed by atoms with Crippen molar-refractivity contribution in [2.45, 2.75) is 24.3 Å². The Hall–Kier alpha value is -1.98. The maximum absolute atomic E-state index is 12.8. The van der Waals surface area contributed by atoms with E-state index in [1.165, 1.54) is 0 Å². The van der Waals surface area contributed by atoms with Crippen LogP contribution in [0.5, 0.6) is 0 Å². The van der Waals surface area contributed by atoms with Gasteiger partial charge in [-0.15, -0.1) is 11.8 Å². The van der Waals surface area contributed by atoms with Crippen LogP contribution in [0.15, 0.2) is 59.5 Å². The van der Waals surface area contributed by atoms with E-state index in [1.54, 1.807) is 18.9 Å². The Morgan fingerprint density at radius 3 is 2.64 bits per heavy atom. The minimum absolute atomic E-state index is 0.0699. The first-order valence-corrected chi connectivity index (χ1v) is 9.68. The smallest absolute Gasteiger partial charge is 0.322 e. The van der Waals surface area contributed by atoms with Crippen LogP contribution in [0, 0.1) is 0 Å². The van der Waals surface area contributed by atoms with E-state index in [2.05, 4.69) is 5.32 Å². The highest BCUT2D eigenvalue weighted by molar-refractivity contribution is 7.98. The highest BCUT2D eigenvalue weighted by atomic mass is 32.2. The normalized spacial score (nSPS) is 10.5. The predicted octanol–water partition coefficient (Wildman–Crippen LogP) is 4.87. The summed E-state index contributed by atoms with van der Waals surface area (Å²) in [7, 11) is 1.70. The fraction of sp³-hybridized carbons (Fsp3) is 0.350. The van der Waals surface area contributed by atoms with Crippen LogP contribution in [0.25, 0.3) is 0 Å². The second-order valence-corrected chi connectivity index (χ2v) is 6.65. The largest absolute Gasteiger partial charge is 0.385 e. The lowest BCUT2D eigenvalue weighted by Gasteiger charge is -2.23. The summed E-state index contributed by atoms with van der Waals surface area (Å²) in [5, 5.41) is 3.02. The van der Waals surface area contributed by atoms with E-state index in [1.807, 2.05) is 65.8 Å². The van der Waals surface area contributed by atoms with Gasteiger partial charge in [0, 0.05) is 37.4 Å². The number of methoxy groups -OCH3 is 1. The van der Waals surface area contributed by atoms with Crippen molar-refractivity contribution in [1.29, 1.82) is 0 Å². The summed E-state index contributed by atoms with van der Waals surface area (Å²) in [5.41, 5.74) is 1.95. The van der Waals surface area contributed by atoms with Crippen molar-refractivity contribution >= 4 is 23.5 Å². The molecule has 2 rings (SSSR count). The molecule has 2 aromatic rings. The van der Waals surface area contributed by atoms with Gasteiger partial charge in [0.1, 0.15) is 0 Å². The summed E-state index contributed by atoms with van der Waals surface area (Å²) in [6, 6.07) is 17.9. The van der Waals surface area contributed by atoms with Gasteiger partial charge in [-0.25, -0.2) is 4.79 Å². The van der Waals surface area contributed by atoms with E-state index in [4.69, 9.17) is 4.74 Å². The maximum Gasteiger partial charge on any atom is 0.322 e. The zero-order valence-corrected chi connectivity index (χ0v) is 15.7. The summed E-state index contributed by atoms with van der Waals surface area (Å²) >= 11 is 1.66. The average molecular weight is 359 g/mol. The van der Waals surface area contributed by atoms with Gasteiger partial charge in [0.05, 0.1) is 0 Å². The van der Waals surface area contributed by atoms with Crippen LogP contribution >= 0.6 is 11.8 Å². The van der Waals surface area contributed by atoms with Crippen LogP contribution in [0.2, 0.25) is 0 Å². The molecule has 2 amide bonds. The first-order valence-electron chi connectivity index (χ1n) is 8.46. The van der Waals surface area contributed by atoms with Gasteiger partial charge >= 0.3 is 6.03 Å². The number of nitrogens with zero attached hydrogens (tertiary/aromatic N) is 1. The van der Waals surface area contributed by atoms with Gasteiger partial charge in [0.15, 0.2) is 0 Å². The minimum atomic E-state index is -0.0699. The summed E-state index contributed by atoms with van der Waals surface area (Å²) in [5.74, 6) is 0. The SMILES string of the molecule is COCCCCN(Cc1ccccc1)C(=O)Nc1cccc(SC)c1. The number of carbonyl (C=O) groups is 1. The number of nitrogens with one attached hydrogen (secondary N) is 1. The highest BCUT2D eigenvalue weighted by Gasteiger charge is 2.14. The summed E-state index contributed by atoms with van der Waals surface area (Å²) in [6.07, 6.45) is 3.88. The molecule has 0 aliphatic rings. The quantitative estimate of drug-likeness (QED) is 0.514. The maximum atomic E-state index is 12.8. The monoisotopic (exact) mass is 358 g/mol. The number of rotatable bonds is 9. The van der Waals surface area contributed by atoms with Crippen molar-refractivity contribution in [1.82, 2.24) is 4.90 Å². The third-order valence-electron chi connectivity index (χ3n) is 3.85. The molecule has 0 saturated carbocycles. The number of anilines is 1. The van der Waals surface area contributed by atoms with E-state index in [0.717, 1.165) is 35.6 Å². The van der Waals surface area contributed by atoms with Crippen molar-refractivity contribution in [3.05, 3.63) is 60.2 Å². The van der Waals surface area contributed by atoms with Crippen LogP contribution in [0.3, 0.4) is 0 Å². The number of unbranched alkanes of at least 4 members (excludes halogenated alkanes) is 1. The number of urea groups is 1. The average Bonchev–Trinajstić information content (AvgIpc) is 2.65. The molecule has 0 aromatic heterocycles. The molecule has 0 aliphatic carbocycles. The molecule has 25 heavy (non-hydrogen) atoms. The zero-order valence-electron chi connectivity index (χ0n) is 14.9. The van der Waals surface area contributed by atoms with E-state index in [0.29, 0.717) is 13.1 Å². The molecule has 5 heteroatoms. The van der Waals surface area contributed by atoms with Crippen LogP contribution in [-0.4, -0.2) is 37.4 Å². The Labute approximate surface area is 154 Å². The molecular weight excluding hydrogens is 332 g/mol. The molecule has 0 heterocycles. The fourth-order valence-corrected chi connectivity index (χ4v) is 2.97. The van der Waals surface area contributed by atoms with Crippen LogP contribution in [0.4, 0.5) is 10.5 Å². The van der Waals surface area contributed by atoms with Gasteiger partial charge in [0.25, 0.3) is 0 Å². The third-order valence-corrected chi connectivity index (χ3v) is 4.58. The van der Waals surface area contributed by atoms with Crippen molar-refractivity contribution in [3.63, 3.8) is 0 Å². The van der Waals surface area contributed by atoms with Crippen LogP contribution in [0.1, 0.15) is 18.4 Å². The van der Waals surface area contributed by atoms with Crippen molar-refractivity contribution < 1.29 is 9.53 Å². The molecular formula is C20H26N2O2S. The van der Waals surface area contributed by atoms with Gasteiger partial charge in [-0.2, -0.15) is 0 Å². The van der Waals surface area contributed by atoms with E-state index in [-0.39, 0.29) is 6.03 Å². The molecule has 0 aliphatic heterocycles. The molecule has 1 N–H and O–H groups in total. The summed E-state index contributed by atoms with van der Waals surface area (Å²) in [6.45, 7) is 2.02. The molecule has 0 unspecified atom stereocenters. The molecule has 0 spiro atoms. The molecule has 0 atom stereocenters. The lowest BCUT2D eigenvalue weighted by atomic mass is 10.2. The number of thioether (sulfide) groups is 1. The second kappa shape index (κ2) is 10.8. The third kappa shape index (κ3) is 6.80. The Bertz CT molecular complexity index is 649. The lowest BCUT2D eigenvalue weighted by molar-refractivity contribution is 0.182. The zero-order chi connectivity index (χ0) is 17.9. The van der Waals surface area contributed by atoms with Gasteiger partial charge in [-0.3, -0.25) is 0 Å². The number of amides is 2. The van der Waals surface area contributed by atoms with Crippen LogP contribution in [-0.2, 0) is 11.3 Å². The number of carbonyl (C=O) groups excluding carboxylic acids is 1. The number of ether oxygens (including phenoxy) is 1. The molecule has 4 nitrogen and oxygen atoms in total. The molecule has 134 valence electrons. The highest BCUT2D eigenvalue weighted by Crippen LogP contribution is 2.19. The number of benzene rings is 2. The van der Waals surface area contributed by atoms with Gasteiger partial charge in [-0.1, -0.05) is 36.4 Å². The van der Waals surface area contributed by atoms with Gasteiger partial charge in [0.2, 0.25) is 0 Å². The van der Waals surface area contributed by atoms with Gasteiger partial charge < -0.3 is 15.0 Å². The Morgan fingerprint density at radius 1 is 1.12 bits per heavy atom. The Kier molecular flexibility index (Phi) is 8.35. The predicted molar refractivity (Wildman–Crippen MR) is 105 cm³/mol. The summed E-state index contributed by atoms with van der Waals surface area (Å²) < 4.78 is 5.10. The lowest BCUT2D eigenvalue weighted by Crippen LogP contribution is -2.35.